The Balaban J connectivity index is 2.61. The first-order valence-electron chi connectivity index (χ1n) is 4.68. The van der Waals surface area contributed by atoms with E-state index < -0.39 is 16.6 Å². The van der Waals surface area contributed by atoms with E-state index in [0.717, 1.165) is 0 Å². The summed E-state index contributed by atoms with van der Waals surface area (Å²) in [6, 6.07) is 0. The third-order valence-corrected chi connectivity index (χ3v) is 4.52. The molecule has 1 aliphatic carbocycles. The molecule has 3 nitrogen and oxygen atoms in total. The minimum Gasteiger partial charge on any atom is -0.386 e. The summed E-state index contributed by atoms with van der Waals surface area (Å²) in [5.74, 6) is -0.0764. The number of hydrogen-bond donors (Lipinski definition) is 1. The van der Waals surface area contributed by atoms with E-state index in [1.807, 2.05) is 13.8 Å². The van der Waals surface area contributed by atoms with Crippen molar-refractivity contribution in [3.05, 3.63) is 0 Å². The molecular formula is C10H16O3. The molecule has 2 aliphatic rings. The van der Waals surface area contributed by atoms with Crippen molar-refractivity contribution in [2.75, 3.05) is 6.61 Å². The fourth-order valence-electron chi connectivity index (χ4n) is 2.68. The normalized spacial score (nSPS) is 60.4. The fourth-order valence-corrected chi connectivity index (χ4v) is 2.68. The number of carbonyl (C=O) groups excluding carboxylic acids is 1. The van der Waals surface area contributed by atoms with E-state index in [-0.39, 0.29) is 11.7 Å². The van der Waals surface area contributed by atoms with E-state index in [2.05, 4.69) is 0 Å². The van der Waals surface area contributed by atoms with Crippen LogP contribution in [0.15, 0.2) is 0 Å². The number of fused-ring (bicyclic) bond motifs is 2. The summed E-state index contributed by atoms with van der Waals surface area (Å²) in [7, 11) is 0. The van der Waals surface area contributed by atoms with Crippen molar-refractivity contribution in [3.63, 3.8) is 0 Å². The van der Waals surface area contributed by atoms with Crippen molar-refractivity contribution in [1.29, 1.82) is 0 Å². The zero-order valence-electron chi connectivity index (χ0n) is 8.55. The molecule has 2 rings (SSSR count). The molecule has 0 radical (unpaired) electrons. The van der Waals surface area contributed by atoms with Crippen LogP contribution in [0.5, 0.6) is 0 Å². The van der Waals surface area contributed by atoms with Crippen LogP contribution in [-0.4, -0.2) is 28.7 Å². The lowest BCUT2D eigenvalue weighted by Gasteiger charge is -2.34. The largest absolute Gasteiger partial charge is 0.386 e. The van der Waals surface area contributed by atoms with E-state index in [1.54, 1.807) is 13.8 Å². The number of aliphatic hydroxyl groups is 1. The number of Topliss-reactive ketones (excluding diaryl/α,β-unsaturated/α-hetero) is 1. The topological polar surface area (TPSA) is 46.5 Å². The minimum absolute atomic E-state index is 0.0336. The zero-order valence-corrected chi connectivity index (χ0v) is 8.55. The van der Waals surface area contributed by atoms with Crippen LogP contribution in [0.1, 0.15) is 27.7 Å². The van der Waals surface area contributed by atoms with Crippen LogP contribution >= 0.6 is 0 Å². The van der Waals surface area contributed by atoms with Crippen molar-refractivity contribution in [2.45, 2.75) is 38.9 Å². The summed E-state index contributed by atoms with van der Waals surface area (Å²) in [5, 5.41) is 10.3. The number of ether oxygens (including phenoxy) is 1. The van der Waals surface area contributed by atoms with E-state index in [0.29, 0.717) is 6.61 Å². The highest BCUT2D eigenvalue weighted by atomic mass is 16.5. The molecule has 74 valence electrons. The predicted molar refractivity (Wildman–Crippen MR) is 47.3 cm³/mol. The maximum atomic E-state index is 11.8. The number of carbonyl (C=O) groups is 1. The van der Waals surface area contributed by atoms with E-state index >= 15 is 0 Å². The Morgan fingerprint density at radius 1 is 1.46 bits per heavy atom. The first kappa shape index (κ1) is 9.16. The molecule has 1 heterocycles. The van der Waals surface area contributed by atoms with Gasteiger partial charge in [-0.2, -0.15) is 0 Å². The third kappa shape index (κ3) is 0.647. The molecule has 2 bridgehead atoms. The highest BCUT2D eigenvalue weighted by Crippen LogP contribution is 2.60. The van der Waals surface area contributed by atoms with E-state index in [1.165, 1.54) is 0 Å². The van der Waals surface area contributed by atoms with Gasteiger partial charge in [0.1, 0.15) is 5.60 Å². The Morgan fingerprint density at radius 2 is 2.00 bits per heavy atom. The Kier molecular flexibility index (Phi) is 1.40. The smallest absolute Gasteiger partial charge is 0.170 e. The highest BCUT2D eigenvalue weighted by Gasteiger charge is 2.74. The Hall–Kier alpha value is -0.410. The molecule has 2 fully saturated rings. The third-order valence-electron chi connectivity index (χ3n) is 4.52. The van der Waals surface area contributed by atoms with E-state index in [4.69, 9.17) is 4.74 Å². The zero-order chi connectivity index (χ0) is 10.1. The van der Waals surface area contributed by atoms with Crippen molar-refractivity contribution >= 4 is 5.78 Å². The molecule has 1 saturated carbocycles. The fraction of sp³-hybridized carbons (Fsp3) is 0.900. The van der Waals surface area contributed by atoms with Gasteiger partial charge >= 0.3 is 0 Å². The quantitative estimate of drug-likeness (QED) is 0.604. The van der Waals surface area contributed by atoms with Gasteiger partial charge in [-0.1, -0.05) is 13.8 Å². The molecule has 0 spiro atoms. The van der Waals surface area contributed by atoms with Crippen LogP contribution in [0.3, 0.4) is 0 Å². The molecule has 0 aromatic carbocycles. The van der Waals surface area contributed by atoms with Gasteiger partial charge in [0.15, 0.2) is 11.4 Å². The molecule has 0 amide bonds. The summed E-state index contributed by atoms with van der Waals surface area (Å²) < 4.78 is 5.44. The van der Waals surface area contributed by atoms with Gasteiger partial charge in [0, 0.05) is 11.3 Å². The predicted octanol–water partition coefficient (Wildman–Crippen LogP) is 0.751. The van der Waals surface area contributed by atoms with Gasteiger partial charge in [0.25, 0.3) is 0 Å². The maximum Gasteiger partial charge on any atom is 0.170 e. The first-order valence-corrected chi connectivity index (χ1v) is 4.68. The van der Waals surface area contributed by atoms with Gasteiger partial charge in [0.2, 0.25) is 0 Å². The van der Waals surface area contributed by atoms with Crippen LogP contribution in [0.25, 0.3) is 0 Å². The molecular weight excluding hydrogens is 168 g/mol. The lowest BCUT2D eigenvalue weighted by Crippen LogP contribution is -2.50. The monoisotopic (exact) mass is 184 g/mol. The molecule has 1 aliphatic heterocycles. The minimum atomic E-state index is -1.03. The van der Waals surface area contributed by atoms with Crippen molar-refractivity contribution in [2.24, 2.45) is 11.3 Å². The van der Waals surface area contributed by atoms with Gasteiger partial charge in [0.05, 0.1) is 6.61 Å². The molecule has 3 heteroatoms. The van der Waals surface area contributed by atoms with Crippen LogP contribution in [0, 0.1) is 11.3 Å². The number of ketones is 1. The second kappa shape index (κ2) is 1.98. The standard InChI is InChI=1S/C10H16O3/c1-6-7(11)9(3)10(4,12)8(6,2)5-13-9/h6,12H,5H2,1-4H3/t6-,8-,9+,10+/m1/s1. The summed E-state index contributed by atoms with van der Waals surface area (Å²) in [5.41, 5.74) is -2.43. The van der Waals surface area contributed by atoms with Gasteiger partial charge in [-0.15, -0.1) is 0 Å². The Labute approximate surface area is 78.1 Å². The molecule has 1 N–H and O–H groups in total. The Bertz CT molecular complexity index is 281. The summed E-state index contributed by atoms with van der Waals surface area (Å²) in [4.78, 5) is 11.8. The molecule has 4 atom stereocenters. The van der Waals surface area contributed by atoms with Crippen LogP contribution in [0.2, 0.25) is 0 Å². The second-order valence-corrected chi connectivity index (χ2v) is 4.90. The second-order valence-electron chi connectivity index (χ2n) is 4.90. The summed E-state index contributed by atoms with van der Waals surface area (Å²) in [6.45, 7) is 7.69. The SMILES string of the molecule is C[C@@H]1C(=O)[C@]2(C)OC[C@@]1(C)[C@]2(C)O. The van der Waals surface area contributed by atoms with Gasteiger partial charge in [-0.25, -0.2) is 0 Å². The van der Waals surface area contributed by atoms with E-state index in [9.17, 15) is 9.90 Å². The lowest BCUT2D eigenvalue weighted by atomic mass is 9.72. The average Bonchev–Trinajstić information content (AvgIpc) is 2.28. The van der Waals surface area contributed by atoms with Crippen molar-refractivity contribution < 1.29 is 14.6 Å². The lowest BCUT2D eigenvalue weighted by molar-refractivity contribution is -0.151. The van der Waals surface area contributed by atoms with Gasteiger partial charge in [-0.05, 0) is 13.8 Å². The van der Waals surface area contributed by atoms with Crippen molar-refractivity contribution in [1.82, 2.24) is 0 Å². The average molecular weight is 184 g/mol. The van der Waals surface area contributed by atoms with Crippen molar-refractivity contribution in [3.8, 4) is 0 Å². The van der Waals surface area contributed by atoms with Crippen LogP contribution < -0.4 is 0 Å². The maximum absolute atomic E-state index is 11.8. The van der Waals surface area contributed by atoms with Crippen LogP contribution in [0.4, 0.5) is 0 Å². The molecule has 13 heavy (non-hydrogen) atoms. The van der Waals surface area contributed by atoms with Crippen LogP contribution in [-0.2, 0) is 9.53 Å². The number of hydrogen-bond acceptors (Lipinski definition) is 3. The molecule has 0 aromatic heterocycles. The van der Waals surface area contributed by atoms with Gasteiger partial charge < -0.3 is 9.84 Å². The number of rotatable bonds is 0. The first-order chi connectivity index (χ1) is 5.77. The Morgan fingerprint density at radius 3 is 2.23 bits per heavy atom. The molecule has 0 aromatic rings. The summed E-state index contributed by atoms with van der Waals surface area (Å²) >= 11 is 0. The van der Waals surface area contributed by atoms with Gasteiger partial charge in [-0.3, -0.25) is 4.79 Å². The summed E-state index contributed by atoms with van der Waals surface area (Å²) in [6.07, 6.45) is 0. The molecule has 1 saturated heterocycles. The highest BCUT2D eigenvalue weighted by molar-refractivity contribution is 5.95. The molecule has 0 unspecified atom stereocenters.